The molecule has 4 aromatic carbocycles. The molecule has 824 valence electrons. The first-order valence-electron chi connectivity index (χ1n) is 56.5. The molecule has 11 N–H and O–H groups in total. The van der Waals surface area contributed by atoms with Gasteiger partial charge in [0.05, 0.1) is 39.4 Å². The predicted molar refractivity (Wildman–Crippen MR) is 588 cm³/mol. The largest absolute Gasteiger partial charge is 0.385 e. The second-order valence-corrected chi connectivity index (χ2v) is 45.4. The monoisotopic (exact) mass is 2100 g/mol. The number of carbonyl (C=O) groups excluding carboxylic acids is 6. The first kappa shape index (κ1) is 123. The highest BCUT2D eigenvalue weighted by Crippen LogP contribution is 2.47. The number of benzene rings is 4. The number of amides is 10. The lowest BCUT2D eigenvalue weighted by Crippen LogP contribution is -2.59. The van der Waals surface area contributed by atoms with Crippen molar-refractivity contribution in [2.24, 2.45) is 53.3 Å². The van der Waals surface area contributed by atoms with Crippen molar-refractivity contribution < 1.29 is 61.6 Å². The van der Waals surface area contributed by atoms with Crippen LogP contribution >= 0.6 is 34.8 Å². The summed E-state index contributed by atoms with van der Waals surface area (Å²) in [5, 5.41) is 45.2. The van der Waals surface area contributed by atoms with Gasteiger partial charge in [0, 0.05) is 196 Å². The van der Waals surface area contributed by atoms with E-state index in [-0.39, 0.29) is 112 Å². The number of hydrogen-bond acceptors (Lipinski definition) is 15. The second kappa shape index (κ2) is 66.3. The summed E-state index contributed by atoms with van der Waals surface area (Å²) in [6.07, 6.45) is 42.6. The topological polar surface area (TPSA) is 293 Å². The minimum absolute atomic E-state index is 0.00318. The van der Waals surface area contributed by atoms with Gasteiger partial charge in [0.25, 0.3) is 0 Å². The van der Waals surface area contributed by atoms with Crippen LogP contribution in [0.25, 0.3) is 0 Å². The van der Waals surface area contributed by atoms with E-state index in [4.69, 9.17) is 53.8 Å². The van der Waals surface area contributed by atoms with Gasteiger partial charge in [-0.1, -0.05) is 271 Å². The molecule has 8 aliphatic rings. The van der Waals surface area contributed by atoms with Crippen LogP contribution in [-0.4, -0.2) is 245 Å². The Morgan fingerprint density at radius 3 is 1.12 bits per heavy atom. The number of morpholine rings is 1. The molecule has 25 nitrogen and oxygen atoms in total. The van der Waals surface area contributed by atoms with Gasteiger partial charge in [0.1, 0.15) is 11.6 Å². The minimum Gasteiger partial charge on any atom is -0.385 e. The zero-order valence-electron chi connectivity index (χ0n) is 91.1. The van der Waals surface area contributed by atoms with Gasteiger partial charge in [-0.15, -0.1) is 0 Å². The van der Waals surface area contributed by atoms with Crippen molar-refractivity contribution in [3.05, 3.63) is 140 Å². The van der Waals surface area contributed by atoms with Crippen LogP contribution in [0.1, 0.15) is 320 Å². The van der Waals surface area contributed by atoms with E-state index >= 15 is 8.78 Å². The Morgan fingerprint density at radius 2 is 0.774 bits per heavy atom. The van der Waals surface area contributed by atoms with Crippen LogP contribution in [0.15, 0.2) is 91.0 Å². The normalized spacial score (nSPS) is 21.3. The summed E-state index contributed by atoms with van der Waals surface area (Å²) in [5.41, 5.74) is -0.0443. The van der Waals surface area contributed by atoms with E-state index in [0.29, 0.717) is 113 Å². The van der Waals surface area contributed by atoms with Gasteiger partial charge in [0.2, 0.25) is 11.8 Å². The van der Waals surface area contributed by atoms with E-state index in [1.165, 1.54) is 146 Å². The van der Waals surface area contributed by atoms with E-state index in [9.17, 15) is 33.9 Å². The van der Waals surface area contributed by atoms with Crippen LogP contribution < -0.4 is 53.2 Å². The first-order valence-corrected chi connectivity index (χ1v) is 57.7. The lowest BCUT2D eigenvalue weighted by atomic mass is 9.70. The van der Waals surface area contributed by atoms with Crippen molar-refractivity contribution in [3.63, 3.8) is 0 Å². The zero-order chi connectivity index (χ0) is 105. The Morgan fingerprint density at radius 1 is 0.425 bits per heavy atom. The summed E-state index contributed by atoms with van der Waals surface area (Å²) in [7, 11) is 12.8. The molecule has 30 heteroatoms. The van der Waals surface area contributed by atoms with Gasteiger partial charge in [-0.05, 0) is 209 Å². The van der Waals surface area contributed by atoms with Crippen molar-refractivity contribution in [3.8, 4) is 0 Å². The average molecular weight is 2100 g/mol. The van der Waals surface area contributed by atoms with Gasteiger partial charge >= 0.3 is 24.1 Å². The predicted octanol–water partition coefficient (Wildman–Crippen LogP) is 22.0. The number of aliphatic hydroxyl groups is 1. The standard InChI is InChI=1S/2C32H52ClFN4O3.C27H45N3O3.C25H40ClN3O2/c2*1-23(2)30(39)37-32(17-8-9-19-41-4,27-15-10-16-28(33)29(27)34)25-14-11-18-38(22-25)31(40)36-26(21-35-3)20-24-12-6-5-7-13-24;1-28-20-24(19-22-11-5-3-6-12-22)29-27(31)30-16-18-33-26(21-30)25(15-9-10-17-32-2)23-13-7-4-8-14-23;1-3-25(31,20-11-7-13-22(26)16-20)21-12-8-14-29(18-21)24(30)28-23(17-27-2)15-19-9-5-4-6-10-19/h2*10,15-16,23-26,35H,5-9,11-14,17-22H2,1-4H3,(H,36,40)(H,37,39);4,7-8,13-14,22,24-26,28H,3,5-6,9-12,15-21H2,1-2H3,(H,29,31);7,11,13,16,19,21,23,27,31H,3-6,8-10,12,14-15,17-18H2,1-2H3,(H,28,30)/t25-,26+,32+;25-,26+,32-;24-,25-,26+;21-,23+,25-/m1101/s1. The molecule has 0 bridgehead atoms. The molecule has 0 spiro atoms. The van der Waals surface area contributed by atoms with Crippen LogP contribution in [0.4, 0.5) is 28.0 Å². The number of halogens is 5. The molecule has 4 saturated heterocycles. The maximum Gasteiger partial charge on any atom is 0.317 e. The summed E-state index contributed by atoms with van der Waals surface area (Å²) in [4.78, 5) is 87.9. The van der Waals surface area contributed by atoms with Crippen molar-refractivity contribution in [2.45, 2.75) is 344 Å². The number of nitrogens with one attached hydrogen (secondary N) is 10. The number of methoxy groups -OCH3 is 3. The van der Waals surface area contributed by atoms with Crippen LogP contribution in [-0.2, 0) is 45.2 Å². The third-order valence-electron chi connectivity index (χ3n) is 32.7. The molecule has 12 atom stereocenters. The number of urea groups is 4. The maximum absolute atomic E-state index is 15.8. The van der Waals surface area contributed by atoms with E-state index in [1.54, 1.807) is 45.6 Å². The third kappa shape index (κ3) is 38.8. The SMILES string of the molecule is CC[C@@](O)(c1cccc(Cl)c1)[C@@H]1CCCN(C(=O)N[C@H](CNC)CC2CCCCC2)C1.CNC[C@H](CC1CCCCC1)NC(=O)N1CCC[C@@H]([C@@](CCCCOC)(NC(=O)C(C)C)c2cccc(Cl)c2F)C1.CNC[C@H](CC1CCCCC1)NC(=O)N1CCC[C@@H]([C@](CCCCOC)(NC(=O)C(C)C)c2cccc(Cl)c2F)C1.CNC[C@H](CC1CCCCC1)NC(=O)N1CCO[C@@H]([C@@H](CCCCOC)c2ccccc2)C1. The number of carbonyl (C=O) groups is 6. The molecule has 4 saturated carbocycles. The zero-order valence-corrected chi connectivity index (χ0v) is 93.4. The molecule has 0 unspecified atom stereocenters. The summed E-state index contributed by atoms with van der Waals surface area (Å²) in [5.74, 6) is 0.829. The Kier molecular flexibility index (Phi) is 55.7. The van der Waals surface area contributed by atoms with E-state index in [0.717, 1.165) is 166 Å². The van der Waals surface area contributed by atoms with Crippen LogP contribution in [0.2, 0.25) is 15.1 Å². The van der Waals surface area contributed by atoms with E-state index in [1.807, 2.05) is 107 Å². The van der Waals surface area contributed by atoms with Gasteiger partial charge in [-0.3, -0.25) is 9.59 Å². The highest BCUT2D eigenvalue weighted by atomic mass is 35.5. The number of rotatable bonds is 48. The number of likely N-dealkylation sites (N-methyl/N-ethyl adjacent to an activating group) is 4. The number of ether oxygens (including phenoxy) is 4. The molecule has 0 aromatic heterocycles. The van der Waals surface area contributed by atoms with Gasteiger partial charge in [-0.25, -0.2) is 28.0 Å². The molecule has 8 fully saturated rings. The van der Waals surface area contributed by atoms with E-state index in [2.05, 4.69) is 83.5 Å². The van der Waals surface area contributed by atoms with Crippen molar-refractivity contribution in [2.75, 3.05) is 154 Å². The van der Waals surface area contributed by atoms with Crippen LogP contribution in [0, 0.1) is 64.9 Å². The highest BCUT2D eigenvalue weighted by Gasteiger charge is 2.50. The minimum atomic E-state index is -1.00. The summed E-state index contributed by atoms with van der Waals surface area (Å²) < 4.78 is 53.7. The smallest absolute Gasteiger partial charge is 0.317 e. The van der Waals surface area contributed by atoms with Crippen LogP contribution in [0.5, 0.6) is 0 Å². The number of piperidine rings is 3. The Balaban J connectivity index is 0.000000218. The average Bonchev–Trinajstić information content (AvgIpc) is 0.758. The second-order valence-electron chi connectivity index (χ2n) is 44.1. The van der Waals surface area contributed by atoms with Crippen molar-refractivity contribution in [1.82, 2.24) is 72.8 Å². The molecule has 4 aromatic rings. The van der Waals surface area contributed by atoms with Crippen LogP contribution in [0.3, 0.4) is 0 Å². The fourth-order valence-corrected chi connectivity index (χ4v) is 25.1. The lowest BCUT2D eigenvalue weighted by molar-refractivity contribution is -0.128. The van der Waals surface area contributed by atoms with Gasteiger partial charge in [0.15, 0.2) is 0 Å². The van der Waals surface area contributed by atoms with Gasteiger partial charge < -0.3 is 96.8 Å². The molecule has 4 aliphatic carbocycles. The Bertz CT molecular complexity index is 4250. The molecule has 10 amide bonds. The summed E-state index contributed by atoms with van der Waals surface area (Å²) >= 11 is 18.8. The molecule has 4 aliphatic heterocycles. The molecule has 12 rings (SSSR count). The van der Waals surface area contributed by atoms with E-state index < -0.39 is 28.3 Å². The Hall–Kier alpha value is -6.73. The molecule has 4 heterocycles. The maximum atomic E-state index is 15.8. The number of likely N-dealkylation sites (tertiary alicyclic amines) is 3. The Labute approximate surface area is 891 Å². The lowest BCUT2D eigenvalue weighted by Gasteiger charge is -2.47. The third-order valence-corrected chi connectivity index (χ3v) is 33.5. The number of unbranched alkanes of at least 4 members (excludes halogenated alkanes) is 3. The highest BCUT2D eigenvalue weighted by molar-refractivity contribution is 6.31. The fraction of sp³-hybridized carbons (Fsp3) is 0.741. The summed E-state index contributed by atoms with van der Waals surface area (Å²) in [6, 6.07) is 28.5. The summed E-state index contributed by atoms with van der Waals surface area (Å²) in [6.45, 7) is 19.7. The number of hydrogen-bond donors (Lipinski definition) is 11. The molecule has 146 heavy (non-hydrogen) atoms. The molecule has 0 radical (unpaired) electrons. The molecular formula is C116H189Cl3F2N14O11. The first-order chi connectivity index (χ1) is 70.6. The van der Waals surface area contributed by atoms with Crippen molar-refractivity contribution >= 4 is 70.7 Å². The quantitative estimate of drug-likeness (QED) is 0.0183. The molecular weight excluding hydrogens is 1910 g/mol. The van der Waals surface area contributed by atoms with Gasteiger partial charge in [-0.2, -0.15) is 0 Å². The number of nitrogens with zero attached hydrogens (tertiary/aromatic N) is 4. The fourth-order valence-electron chi connectivity index (χ4n) is 24.6. The van der Waals surface area contributed by atoms with Crippen molar-refractivity contribution in [1.29, 1.82) is 0 Å².